The van der Waals surface area contributed by atoms with Crippen molar-refractivity contribution in [1.82, 2.24) is 14.3 Å². The summed E-state index contributed by atoms with van der Waals surface area (Å²) in [6, 6.07) is 5.24. The molecule has 22 heavy (non-hydrogen) atoms. The Labute approximate surface area is 131 Å². The molecule has 0 bridgehead atoms. The highest BCUT2D eigenvalue weighted by atomic mass is 35.5. The SMILES string of the molecule is C[C@H]1CN(C(=O)Cn2ncn(C)c2=O)c2cccc(Cl)c2O1. The highest BCUT2D eigenvalue weighted by Gasteiger charge is 2.29. The Balaban J connectivity index is 1.92. The minimum absolute atomic E-state index is 0.127. The van der Waals surface area contributed by atoms with Gasteiger partial charge in [-0.25, -0.2) is 9.48 Å². The molecule has 2 aromatic rings. The van der Waals surface area contributed by atoms with Crippen LogP contribution in [0, 0.1) is 0 Å². The molecule has 0 fully saturated rings. The number of hydrogen-bond donors (Lipinski definition) is 0. The van der Waals surface area contributed by atoms with Gasteiger partial charge in [-0.15, -0.1) is 0 Å². The maximum atomic E-state index is 12.6. The first-order valence-corrected chi connectivity index (χ1v) is 7.19. The first-order valence-electron chi connectivity index (χ1n) is 6.81. The molecule has 1 aliphatic rings. The molecule has 1 aliphatic heterocycles. The maximum absolute atomic E-state index is 12.6. The summed E-state index contributed by atoms with van der Waals surface area (Å²) in [7, 11) is 1.59. The molecule has 0 saturated carbocycles. The predicted octanol–water partition coefficient (Wildman–Crippen LogP) is 1.05. The fourth-order valence-electron chi connectivity index (χ4n) is 2.40. The molecule has 1 aromatic carbocycles. The third-order valence-electron chi connectivity index (χ3n) is 3.47. The average Bonchev–Trinajstić information content (AvgIpc) is 2.79. The monoisotopic (exact) mass is 322 g/mol. The standard InChI is InChI=1S/C14H15ClN4O3/c1-9-6-18(11-5-3-4-10(15)13(11)22-9)12(20)7-19-14(21)17(2)8-16-19/h3-5,8-9H,6-7H2,1-2H3/t9-/m0/s1. The summed E-state index contributed by atoms with van der Waals surface area (Å²) in [5, 5.41) is 4.36. The number of anilines is 1. The maximum Gasteiger partial charge on any atom is 0.345 e. The van der Waals surface area contributed by atoms with Crippen molar-refractivity contribution in [3.63, 3.8) is 0 Å². The van der Waals surface area contributed by atoms with Crippen molar-refractivity contribution in [3.8, 4) is 5.75 Å². The number of ether oxygens (including phenoxy) is 1. The Morgan fingerprint density at radius 1 is 1.50 bits per heavy atom. The van der Waals surface area contributed by atoms with Crippen LogP contribution in [0.25, 0.3) is 0 Å². The smallest absolute Gasteiger partial charge is 0.345 e. The number of hydrogen-bond acceptors (Lipinski definition) is 4. The molecule has 0 aliphatic carbocycles. The molecule has 2 heterocycles. The number of amides is 1. The Bertz CT molecular complexity index is 783. The van der Waals surface area contributed by atoms with Crippen LogP contribution in [0.3, 0.4) is 0 Å². The third-order valence-corrected chi connectivity index (χ3v) is 3.77. The van der Waals surface area contributed by atoms with Gasteiger partial charge in [0, 0.05) is 7.05 Å². The number of carbonyl (C=O) groups is 1. The van der Waals surface area contributed by atoms with Crippen LogP contribution in [0.1, 0.15) is 6.92 Å². The van der Waals surface area contributed by atoms with Crippen molar-refractivity contribution in [1.29, 1.82) is 0 Å². The molecule has 0 spiro atoms. The van der Waals surface area contributed by atoms with E-state index in [0.29, 0.717) is 23.0 Å². The van der Waals surface area contributed by atoms with Crippen LogP contribution in [-0.2, 0) is 18.4 Å². The zero-order valence-corrected chi connectivity index (χ0v) is 12.9. The molecule has 1 amide bonds. The van der Waals surface area contributed by atoms with Gasteiger partial charge in [0.2, 0.25) is 5.91 Å². The van der Waals surface area contributed by atoms with Crippen LogP contribution in [-0.4, -0.2) is 32.9 Å². The first kappa shape index (κ1) is 14.6. The van der Waals surface area contributed by atoms with Crippen LogP contribution in [0.15, 0.2) is 29.3 Å². The van der Waals surface area contributed by atoms with Crippen LogP contribution >= 0.6 is 11.6 Å². The normalized spacial score (nSPS) is 17.0. The van der Waals surface area contributed by atoms with E-state index >= 15 is 0 Å². The average molecular weight is 323 g/mol. The molecule has 0 radical (unpaired) electrons. The number of aromatic nitrogens is 3. The van der Waals surface area contributed by atoms with Gasteiger partial charge in [-0.05, 0) is 19.1 Å². The molecule has 1 aromatic heterocycles. The van der Waals surface area contributed by atoms with Crippen molar-refractivity contribution >= 4 is 23.2 Å². The summed E-state index contributed by atoms with van der Waals surface area (Å²) in [6.07, 6.45) is 1.19. The minimum atomic E-state index is -0.332. The molecular weight excluding hydrogens is 308 g/mol. The van der Waals surface area contributed by atoms with E-state index in [1.807, 2.05) is 6.92 Å². The summed E-state index contributed by atoms with van der Waals surface area (Å²) in [6.45, 7) is 2.13. The molecule has 0 N–H and O–H groups in total. The molecule has 8 heteroatoms. The van der Waals surface area contributed by atoms with E-state index in [9.17, 15) is 9.59 Å². The van der Waals surface area contributed by atoms with Crippen molar-refractivity contribution in [2.24, 2.45) is 7.05 Å². The second-order valence-electron chi connectivity index (χ2n) is 5.20. The lowest BCUT2D eigenvalue weighted by Crippen LogP contribution is -2.45. The van der Waals surface area contributed by atoms with E-state index in [0.717, 1.165) is 4.68 Å². The zero-order chi connectivity index (χ0) is 15.9. The summed E-state index contributed by atoms with van der Waals surface area (Å²) < 4.78 is 8.16. The second-order valence-corrected chi connectivity index (χ2v) is 5.61. The number of nitrogens with zero attached hydrogens (tertiary/aromatic N) is 4. The summed E-state index contributed by atoms with van der Waals surface area (Å²) in [4.78, 5) is 25.9. The van der Waals surface area contributed by atoms with Gasteiger partial charge in [-0.3, -0.25) is 9.36 Å². The van der Waals surface area contributed by atoms with Gasteiger partial charge in [-0.1, -0.05) is 17.7 Å². The minimum Gasteiger partial charge on any atom is -0.485 e. The van der Waals surface area contributed by atoms with Gasteiger partial charge in [0.05, 0.1) is 17.3 Å². The van der Waals surface area contributed by atoms with Crippen molar-refractivity contribution in [2.75, 3.05) is 11.4 Å². The molecule has 7 nitrogen and oxygen atoms in total. The quantitative estimate of drug-likeness (QED) is 0.828. The lowest BCUT2D eigenvalue weighted by atomic mass is 10.2. The predicted molar refractivity (Wildman–Crippen MR) is 81.4 cm³/mol. The molecule has 0 saturated heterocycles. The first-order chi connectivity index (χ1) is 10.5. The van der Waals surface area contributed by atoms with Gasteiger partial charge in [0.15, 0.2) is 5.75 Å². The van der Waals surface area contributed by atoms with Crippen molar-refractivity contribution in [2.45, 2.75) is 19.6 Å². The number of aryl methyl sites for hydroxylation is 1. The van der Waals surface area contributed by atoms with Gasteiger partial charge in [0.25, 0.3) is 0 Å². The number of benzene rings is 1. The van der Waals surface area contributed by atoms with Gasteiger partial charge < -0.3 is 9.64 Å². The second kappa shape index (κ2) is 5.49. The molecule has 1 atom stereocenters. The highest BCUT2D eigenvalue weighted by Crippen LogP contribution is 2.39. The summed E-state index contributed by atoms with van der Waals surface area (Å²) in [5.41, 5.74) is 0.278. The lowest BCUT2D eigenvalue weighted by Gasteiger charge is -2.33. The van der Waals surface area contributed by atoms with Crippen molar-refractivity contribution in [3.05, 3.63) is 40.0 Å². The molecule has 116 valence electrons. The van der Waals surface area contributed by atoms with E-state index in [-0.39, 0.29) is 24.2 Å². The van der Waals surface area contributed by atoms with Crippen LogP contribution in [0.5, 0.6) is 5.75 Å². The van der Waals surface area contributed by atoms with Crippen LogP contribution in [0.2, 0.25) is 5.02 Å². The topological polar surface area (TPSA) is 69.4 Å². The van der Waals surface area contributed by atoms with E-state index in [2.05, 4.69) is 5.10 Å². The molecular formula is C14H15ClN4O3. The number of carbonyl (C=O) groups excluding carboxylic acids is 1. The Morgan fingerprint density at radius 3 is 2.95 bits per heavy atom. The van der Waals surface area contributed by atoms with E-state index in [1.54, 1.807) is 30.1 Å². The fourth-order valence-corrected chi connectivity index (χ4v) is 2.61. The number of fused-ring (bicyclic) bond motifs is 1. The lowest BCUT2D eigenvalue weighted by molar-refractivity contribution is -0.119. The Hall–Kier alpha value is -2.28. The fraction of sp³-hybridized carbons (Fsp3) is 0.357. The van der Waals surface area contributed by atoms with E-state index in [4.69, 9.17) is 16.3 Å². The third kappa shape index (κ3) is 2.48. The van der Waals surface area contributed by atoms with Crippen LogP contribution in [0.4, 0.5) is 5.69 Å². The van der Waals surface area contributed by atoms with Gasteiger partial charge in [0.1, 0.15) is 19.0 Å². The van der Waals surface area contributed by atoms with Crippen molar-refractivity contribution < 1.29 is 9.53 Å². The summed E-state index contributed by atoms with van der Waals surface area (Å²) >= 11 is 6.13. The molecule has 0 unspecified atom stereocenters. The van der Waals surface area contributed by atoms with Gasteiger partial charge >= 0.3 is 5.69 Å². The number of rotatable bonds is 2. The number of halogens is 1. The summed E-state index contributed by atoms with van der Waals surface area (Å²) in [5.74, 6) is 0.254. The van der Waals surface area contributed by atoms with E-state index in [1.165, 1.54) is 10.9 Å². The zero-order valence-electron chi connectivity index (χ0n) is 12.2. The Kier molecular flexibility index (Phi) is 3.66. The van der Waals surface area contributed by atoms with E-state index < -0.39 is 0 Å². The Morgan fingerprint density at radius 2 is 2.27 bits per heavy atom. The highest BCUT2D eigenvalue weighted by molar-refractivity contribution is 6.32. The molecule has 3 rings (SSSR count). The van der Waals surface area contributed by atoms with Gasteiger partial charge in [-0.2, -0.15) is 5.10 Å². The largest absolute Gasteiger partial charge is 0.485 e. The number of para-hydroxylation sites is 1. The van der Waals surface area contributed by atoms with Crippen LogP contribution < -0.4 is 15.3 Å².